The van der Waals surface area contributed by atoms with Crippen LogP contribution in [0.25, 0.3) is 10.8 Å². The maximum absolute atomic E-state index is 6.23. The van der Waals surface area contributed by atoms with Crippen LogP contribution in [0.15, 0.2) is 78.9 Å². The fourth-order valence-corrected chi connectivity index (χ4v) is 4.12. The van der Waals surface area contributed by atoms with Crippen molar-refractivity contribution >= 4 is 22.4 Å². The highest BCUT2D eigenvalue weighted by molar-refractivity contribution is 6.30. The minimum Gasteiger partial charge on any atom is -0.493 e. The van der Waals surface area contributed by atoms with Crippen LogP contribution in [-0.4, -0.2) is 20.8 Å². The number of methoxy groups -OCH3 is 2. The molecule has 0 spiro atoms. The summed E-state index contributed by atoms with van der Waals surface area (Å²) in [7, 11) is 3.31. The van der Waals surface area contributed by atoms with Crippen molar-refractivity contribution in [2.75, 3.05) is 20.8 Å². The Kier molecular flexibility index (Phi) is 7.71. The molecule has 0 aliphatic heterocycles. The topological polar surface area (TPSA) is 39.7 Å². The van der Waals surface area contributed by atoms with E-state index in [-0.39, 0.29) is 0 Å². The summed E-state index contributed by atoms with van der Waals surface area (Å²) in [6.07, 6.45) is 0.879. The largest absolute Gasteiger partial charge is 0.493 e. The molecular formula is C28H28ClNO3. The van der Waals surface area contributed by atoms with Crippen LogP contribution < -0.4 is 19.5 Å². The van der Waals surface area contributed by atoms with E-state index in [0.29, 0.717) is 18.2 Å². The highest BCUT2D eigenvalue weighted by Gasteiger charge is 2.10. The minimum absolute atomic E-state index is 0.470. The van der Waals surface area contributed by atoms with Gasteiger partial charge in [-0.2, -0.15) is 0 Å². The van der Waals surface area contributed by atoms with Crippen molar-refractivity contribution in [3.05, 3.63) is 101 Å². The molecule has 5 heteroatoms. The van der Waals surface area contributed by atoms with Crippen LogP contribution in [-0.2, 0) is 19.6 Å². The average Bonchev–Trinajstić information content (AvgIpc) is 2.85. The van der Waals surface area contributed by atoms with Gasteiger partial charge in [0.25, 0.3) is 0 Å². The van der Waals surface area contributed by atoms with Crippen LogP contribution in [0, 0.1) is 0 Å². The Bertz CT molecular complexity index is 1220. The van der Waals surface area contributed by atoms with Crippen molar-refractivity contribution in [2.45, 2.75) is 19.6 Å². The number of fused-ring (bicyclic) bond motifs is 1. The van der Waals surface area contributed by atoms with Gasteiger partial charge in [-0.15, -0.1) is 0 Å². The fourth-order valence-electron chi connectivity index (χ4n) is 3.90. The summed E-state index contributed by atoms with van der Waals surface area (Å²) in [4.78, 5) is 0. The van der Waals surface area contributed by atoms with Gasteiger partial charge < -0.3 is 19.5 Å². The molecule has 0 aromatic heterocycles. The zero-order chi connectivity index (χ0) is 23.0. The number of benzene rings is 4. The summed E-state index contributed by atoms with van der Waals surface area (Å²) >= 11 is 6.13. The Morgan fingerprint density at radius 2 is 1.58 bits per heavy atom. The van der Waals surface area contributed by atoms with Crippen LogP contribution in [0.1, 0.15) is 16.7 Å². The normalized spacial score (nSPS) is 10.9. The van der Waals surface area contributed by atoms with E-state index >= 15 is 0 Å². The van der Waals surface area contributed by atoms with Gasteiger partial charge in [0.05, 0.1) is 14.2 Å². The van der Waals surface area contributed by atoms with Gasteiger partial charge in [-0.05, 0) is 65.2 Å². The third kappa shape index (κ3) is 5.78. The summed E-state index contributed by atoms with van der Waals surface area (Å²) in [5.74, 6) is 2.37. The molecule has 33 heavy (non-hydrogen) atoms. The van der Waals surface area contributed by atoms with Gasteiger partial charge >= 0.3 is 0 Å². The van der Waals surface area contributed by atoms with Crippen LogP contribution in [0.3, 0.4) is 0 Å². The molecule has 4 nitrogen and oxygen atoms in total. The zero-order valence-corrected chi connectivity index (χ0v) is 19.7. The first-order valence-corrected chi connectivity index (χ1v) is 11.3. The second kappa shape index (κ2) is 11.1. The molecule has 0 atom stereocenters. The SMILES string of the molecule is COc1ccc(CCNCc2c(OCc3cccc(Cl)c3)ccc3ccccc23)cc1OC. The third-order valence-corrected chi connectivity index (χ3v) is 5.86. The minimum atomic E-state index is 0.470. The molecule has 4 aromatic carbocycles. The lowest BCUT2D eigenvalue weighted by Crippen LogP contribution is -2.17. The van der Waals surface area contributed by atoms with E-state index in [1.807, 2.05) is 36.4 Å². The molecule has 0 saturated carbocycles. The first kappa shape index (κ1) is 23.0. The van der Waals surface area contributed by atoms with Gasteiger partial charge in [0.2, 0.25) is 0 Å². The van der Waals surface area contributed by atoms with Gasteiger partial charge in [-0.1, -0.05) is 60.1 Å². The maximum atomic E-state index is 6.23. The van der Waals surface area contributed by atoms with Gasteiger partial charge in [-0.25, -0.2) is 0 Å². The lowest BCUT2D eigenvalue weighted by atomic mass is 10.0. The van der Waals surface area contributed by atoms with Crippen molar-refractivity contribution in [3.63, 3.8) is 0 Å². The molecule has 0 bridgehead atoms. The quantitative estimate of drug-likeness (QED) is 0.276. The molecule has 170 valence electrons. The highest BCUT2D eigenvalue weighted by atomic mass is 35.5. The fraction of sp³-hybridized carbons (Fsp3) is 0.214. The summed E-state index contributed by atoms with van der Waals surface area (Å²) in [5, 5.41) is 6.69. The Labute approximate surface area is 200 Å². The molecule has 0 aliphatic carbocycles. The van der Waals surface area contributed by atoms with Crippen molar-refractivity contribution in [3.8, 4) is 17.2 Å². The number of hydrogen-bond acceptors (Lipinski definition) is 4. The molecule has 0 heterocycles. The van der Waals surface area contributed by atoms with E-state index < -0.39 is 0 Å². The zero-order valence-electron chi connectivity index (χ0n) is 18.9. The molecule has 0 radical (unpaired) electrons. The summed E-state index contributed by atoms with van der Waals surface area (Å²) in [6, 6.07) is 26.4. The highest BCUT2D eigenvalue weighted by Crippen LogP contribution is 2.30. The van der Waals surface area contributed by atoms with Crippen LogP contribution >= 0.6 is 11.6 Å². The predicted molar refractivity (Wildman–Crippen MR) is 135 cm³/mol. The number of ether oxygens (including phenoxy) is 3. The maximum Gasteiger partial charge on any atom is 0.160 e. The molecule has 4 aromatic rings. The molecule has 0 saturated heterocycles. The third-order valence-electron chi connectivity index (χ3n) is 5.62. The Morgan fingerprint density at radius 1 is 0.758 bits per heavy atom. The Hall–Kier alpha value is -3.21. The second-order valence-corrected chi connectivity index (χ2v) is 8.23. The molecule has 0 amide bonds. The molecular weight excluding hydrogens is 434 g/mol. The lowest BCUT2D eigenvalue weighted by Gasteiger charge is -2.16. The van der Waals surface area contributed by atoms with E-state index in [1.165, 1.54) is 16.3 Å². The number of nitrogens with one attached hydrogen (secondary N) is 1. The van der Waals surface area contributed by atoms with E-state index in [4.69, 9.17) is 25.8 Å². The van der Waals surface area contributed by atoms with Gasteiger partial charge in [0.15, 0.2) is 11.5 Å². The van der Waals surface area contributed by atoms with E-state index in [0.717, 1.165) is 41.3 Å². The average molecular weight is 462 g/mol. The Balaban J connectivity index is 1.46. The summed E-state index contributed by atoms with van der Waals surface area (Å²) in [6.45, 7) is 2.00. The number of rotatable bonds is 10. The van der Waals surface area contributed by atoms with E-state index in [2.05, 4.69) is 47.8 Å². The predicted octanol–water partition coefficient (Wildman–Crippen LogP) is 6.42. The van der Waals surface area contributed by atoms with Gasteiger partial charge in [0, 0.05) is 17.1 Å². The molecule has 0 fully saturated rings. The molecule has 0 unspecified atom stereocenters. The van der Waals surface area contributed by atoms with Crippen LogP contribution in [0.4, 0.5) is 0 Å². The van der Waals surface area contributed by atoms with Crippen molar-refractivity contribution < 1.29 is 14.2 Å². The molecule has 1 N–H and O–H groups in total. The van der Waals surface area contributed by atoms with E-state index in [9.17, 15) is 0 Å². The van der Waals surface area contributed by atoms with Crippen LogP contribution in [0.5, 0.6) is 17.2 Å². The standard InChI is InChI=1S/C28H28ClNO3/c1-31-27-12-10-20(17-28(27)32-2)14-15-30-18-25-24-9-4-3-7-22(24)11-13-26(25)33-19-21-6-5-8-23(29)16-21/h3-13,16-17,30H,14-15,18-19H2,1-2H3. The van der Waals surface area contributed by atoms with Crippen molar-refractivity contribution in [2.24, 2.45) is 0 Å². The lowest BCUT2D eigenvalue weighted by molar-refractivity contribution is 0.303. The van der Waals surface area contributed by atoms with Gasteiger partial charge in [-0.3, -0.25) is 0 Å². The van der Waals surface area contributed by atoms with Crippen molar-refractivity contribution in [1.29, 1.82) is 0 Å². The second-order valence-electron chi connectivity index (χ2n) is 7.80. The molecule has 4 rings (SSSR count). The van der Waals surface area contributed by atoms with Crippen molar-refractivity contribution in [1.82, 2.24) is 5.32 Å². The number of hydrogen-bond donors (Lipinski definition) is 1. The number of halogens is 1. The van der Waals surface area contributed by atoms with E-state index in [1.54, 1.807) is 14.2 Å². The Morgan fingerprint density at radius 3 is 2.39 bits per heavy atom. The first-order chi connectivity index (χ1) is 16.2. The monoisotopic (exact) mass is 461 g/mol. The smallest absolute Gasteiger partial charge is 0.160 e. The van der Waals surface area contributed by atoms with Crippen LogP contribution in [0.2, 0.25) is 5.02 Å². The first-order valence-electron chi connectivity index (χ1n) is 11.0. The molecule has 0 aliphatic rings. The van der Waals surface area contributed by atoms with Gasteiger partial charge in [0.1, 0.15) is 12.4 Å². The summed E-state index contributed by atoms with van der Waals surface area (Å²) in [5.41, 5.74) is 3.39. The summed E-state index contributed by atoms with van der Waals surface area (Å²) < 4.78 is 17.0.